The molecule has 1 heterocycles. The van der Waals surface area contributed by atoms with E-state index in [4.69, 9.17) is 5.73 Å². The average molecular weight is 290 g/mol. The van der Waals surface area contributed by atoms with Crippen LogP contribution in [-0.2, 0) is 4.79 Å². The molecule has 3 nitrogen and oxygen atoms in total. The van der Waals surface area contributed by atoms with Crippen molar-refractivity contribution in [2.75, 3.05) is 19.6 Å². The summed E-state index contributed by atoms with van der Waals surface area (Å²) in [5.74, 6) is 4.23. The molecule has 4 aliphatic carbocycles. The summed E-state index contributed by atoms with van der Waals surface area (Å²) in [5, 5.41) is 0. The Bertz CT molecular complexity index is 397. The van der Waals surface area contributed by atoms with Crippen molar-refractivity contribution in [1.29, 1.82) is 0 Å². The first kappa shape index (κ1) is 14.0. The number of carbonyl (C=O) groups is 1. The summed E-state index contributed by atoms with van der Waals surface area (Å²) < 4.78 is 0. The predicted molar refractivity (Wildman–Crippen MR) is 83.5 cm³/mol. The third-order valence-corrected chi connectivity index (χ3v) is 7.29. The van der Waals surface area contributed by atoms with E-state index in [0.717, 1.165) is 56.1 Å². The topological polar surface area (TPSA) is 46.3 Å². The van der Waals surface area contributed by atoms with Crippen LogP contribution >= 0.6 is 0 Å². The molecular weight excluding hydrogens is 260 g/mol. The van der Waals surface area contributed by atoms with Crippen LogP contribution in [0.4, 0.5) is 0 Å². The second-order valence-electron chi connectivity index (χ2n) is 8.80. The van der Waals surface area contributed by atoms with E-state index in [0.29, 0.717) is 11.8 Å². The molecule has 3 heteroatoms. The number of nitrogens with zero attached hydrogens (tertiary/aromatic N) is 1. The van der Waals surface area contributed by atoms with E-state index in [1.165, 1.54) is 32.1 Å². The van der Waals surface area contributed by atoms with Crippen molar-refractivity contribution in [2.24, 2.45) is 40.7 Å². The summed E-state index contributed by atoms with van der Waals surface area (Å²) in [7, 11) is 0. The molecule has 4 saturated carbocycles. The largest absolute Gasteiger partial charge is 0.342 e. The molecule has 5 fully saturated rings. The SMILES string of the molecule is CC1(CN)CCN(C(=O)C2C3CC4CC(C3)CC2C4)CC1. The van der Waals surface area contributed by atoms with Crippen LogP contribution < -0.4 is 5.73 Å². The summed E-state index contributed by atoms with van der Waals surface area (Å²) in [6, 6.07) is 0. The van der Waals surface area contributed by atoms with Gasteiger partial charge in [0.1, 0.15) is 0 Å². The molecule has 0 unspecified atom stereocenters. The molecule has 0 spiro atoms. The van der Waals surface area contributed by atoms with E-state index in [1.54, 1.807) is 0 Å². The molecule has 1 amide bonds. The molecule has 118 valence electrons. The summed E-state index contributed by atoms with van der Waals surface area (Å²) in [4.78, 5) is 15.3. The lowest BCUT2D eigenvalue weighted by Crippen LogP contribution is -2.54. The highest BCUT2D eigenvalue weighted by Gasteiger charge is 2.51. The van der Waals surface area contributed by atoms with E-state index in [2.05, 4.69) is 11.8 Å². The zero-order valence-corrected chi connectivity index (χ0v) is 13.4. The Hall–Kier alpha value is -0.570. The monoisotopic (exact) mass is 290 g/mol. The van der Waals surface area contributed by atoms with Crippen molar-refractivity contribution in [3.63, 3.8) is 0 Å². The molecule has 4 bridgehead atoms. The van der Waals surface area contributed by atoms with Gasteiger partial charge in [0, 0.05) is 19.0 Å². The summed E-state index contributed by atoms with van der Waals surface area (Å²) >= 11 is 0. The van der Waals surface area contributed by atoms with Crippen molar-refractivity contribution in [2.45, 2.75) is 51.9 Å². The van der Waals surface area contributed by atoms with Crippen LogP contribution in [0.1, 0.15) is 51.9 Å². The molecule has 0 atom stereocenters. The fraction of sp³-hybridized carbons (Fsp3) is 0.944. The first-order valence-corrected chi connectivity index (χ1v) is 9.07. The number of hydrogen-bond donors (Lipinski definition) is 1. The zero-order valence-electron chi connectivity index (χ0n) is 13.4. The van der Waals surface area contributed by atoms with Crippen molar-refractivity contribution in [3.8, 4) is 0 Å². The third kappa shape index (κ3) is 2.32. The minimum absolute atomic E-state index is 0.265. The van der Waals surface area contributed by atoms with Crippen LogP contribution in [-0.4, -0.2) is 30.4 Å². The molecule has 0 aromatic carbocycles. The molecule has 2 N–H and O–H groups in total. The highest BCUT2D eigenvalue weighted by Crippen LogP contribution is 2.57. The highest BCUT2D eigenvalue weighted by molar-refractivity contribution is 5.80. The Kier molecular flexibility index (Phi) is 3.33. The molecule has 0 aromatic rings. The fourth-order valence-corrected chi connectivity index (χ4v) is 6.01. The van der Waals surface area contributed by atoms with Gasteiger partial charge < -0.3 is 10.6 Å². The number of amides is 1. The number of carbonyl (C=O) groups excluding carboxylic acids is 1. The Labute approximate surface area is 128 Å². The lowest BCUT2D eigenvalue weighted by molar-refractivity contribution is -0.151. The molecule has 0 radical (unpaired) electrons. The smallest absolute Gasteiger partial charge is 0.226 e. The Morgan fingerprint density at radius 1 is 1.05 bits per heavy atom. The van der Waals surface area contributed by atoms with E-state index >= 15 is 0 Å². The van der Waals surface area contributed by atoms with E-state index in [9.17, 15) is 4.79 Å². The van der Waals surface area contributed by atoms with Crippen LogP contribution in [0.2, 0.25) is 0 Å². The van der Waals surface area contributed by atoms with Crippen LogP contribution in [0.5, 0.6) is 0 Å². The molecular formula is C18H30N2O. The van der Waals surface area contributed by atoms with Crippen LogP contribution in [0.15, 0.2) is 0 Å². The predicted octanol–water partition coefficient (Wildman–Crippen LogP) is 2.65. The standard InChI is InChI=1S/C18H30N2O/c1-18(11-19)2-4-20(5-3-18)17(21)16-14-7-12-6-13(9-14)10-15(16)8-12/h12-16H,2-11,19H2,1H3. The molecule has 5 rings (SSSR count). The minimum Gasteiger partial charge on any atom is -0.342 e. The maximum atomic E-state index is 13.1. The first-order chi connectivity index (χ1) is 10.1. The molecule has 1 aliphatic heterocycles. The zero-order chi connectivity index (χ0) is 14.6. The van der Waals surface area contributed by atoms with Gasteiger partial charge in [-0.1, -0.05) is 6.92 Å². The normalized spacial score (nSPS) is 44.1. The molecule has 21 heavy (non-hydrogen) atoms. The lowest BCUT2D eigenvalue weighted by Gasteiger charge is -2.54. The Morgan fingerprint density at radius 2 is 1.57 bits per heavy atom. The number of rotatable bonds is 2. The van der Waals surface area contributed by atoms with E-state index in [1.807, 2.05) is 0 Å². The molecule has 5 aliphatic rings. The van der Waals surface area contributed by atoms with Gasteiger partial charge in [-0.3, -0.25) is 4.79 Å². The average Bonchev–Trinajstić information content (AvgIpc) is 2.47. The van der Waals surface area contributed by atoms with Gasteiger partial charge in [-0.15, -0.1) is 0 Å². The number of hydrogen-bond acceptors (Lipinski definition) is 2. The lowest BCUT2D eigenvalue weighted by atomic mass is 9.51. The first-order valence-electron chi connectivity index (χ1n) is 9.07. The van der Waals surface area contributed by atoms with Crippen molar-refractivity contribution in [1.82, 2.24) is 4.90 Å². The van der Waals surface area contributed by atoms with E-state index < -0.39 is 0 Å². The summed E-state index contributed by atoms with van der Waals surface area (Å²) in [6.07, 6.45) is 9.02. The van der Waals surface area contributed by atoms with Gasteiger partial charge in [-0.05, 0) is 80.6 Å². The van der Waals surface area contributed by atoms with Crippen molar-refractivity contribution < 1.29 is 4.79 Å². The molecule has 1 saturated heterocycles. The number of likely N-dealkylation sites (tertiary alicyclic amines) is 1. The van der Waals surface area contributed by atoms with Crippen molar-refractivity contribution in [3.05, 3.63) is 0 Å². The van der Waals surface area contributed by atoms with Gasteiger partial charge in [0.15, 0.2) is 0 Å². The third-order valence-electron chi connectivity index (χ3n) is 7.29. The van der Waals surface area contributed by atoms with Gasteiger partial charge in [0.25, 0.3) is 0 Å². The van der Waals surface area contributed by atoms with E-state index in [-0.39, 0.29) is 5.41 Å². The second-order valence-corrected chi connectivity index (χ2v) is 8.80. The highest BCUT2D eigenvalue weighted by atomic mass is 16.2. The van der Waals surface area contributed by atoms with Gasteiger partial charge >= 0.3 is 0 Å². The minimum atomic E-state index is 0.265. The van der Waals surface area contributed by atoms with Gasteiger partial charge in [-0.2, -0.15) is 0 Å². The van der Waals surface area contributed by atoms with Crippen LogP contribution in [0, 0.1) is 35.0 Å². The second kappa shape index (κ2) is 4.97. The van der Waals surface area contributed by atoms with Crippen LogP contribution in [0.3, 0.4) is 0 Å². The summed E-state index contributed by atoms with van der Waals surface area (Å²) in [5.41, 5.74) is 6.16. The Balaban J connectivity index is 1.44. The number of nitrogens with two attached hydrogens (primary N) is 1. The fourth-order valence-electron chi connectivity index (χ4n) is 6.01. The van der Waals surface area contributed by atoms with Gasteiger partial charge in [-0.25, -0.2) is 0 Å². The maximum absolute atomic E-state index is 13.1. The quantitative estimate of drug-likeness (QED) is 0.850. The number of piperidine rings is 1. The van der Waals surface area contributed by atoms with Crippen molar-refractivity contribution >= 4 is 5.91 Å². The molecule has 0 aromatic heterocycles. The summed E-state index contributed by atoms with van der Waals surface area (Å²) in [6.45, 7) is 4.91. The van der Waals surface area contributed by atoms with Gasteiger partial charge in [0.2, 0.25) is 5.91 Å². The Morgan fingerprint density at radius 3 is 2.05 bits per heavy atom. The maximum Gasteiger partial charge on any atom is 0.226 e. The van der Waals surface area contributed by atoms with Gasteiger partial charge in [0.05, 0.1) is 0 Å². The van der Waals surface area contributed by atoms with Crippen LogP contribution in [0.25, 0.3) is 0 Å².